The van der Waals surface area contributed by atoms with Crippen LogP contribution in [0.15, 0.2) is 30.3 Å². The predicted octanol–water partition coefficient (Wildman–Crippen LogP) is 2.59. The lowest BCUT2D eigenvalue weighted by atomic mass is 10.1. The monoisotopic (exact) mass is 371 g/mol. The summed E-state index contributed by atoms with van der Waals surface area (Å²) in [5, 5.41) is 3.15. The van der Waals surface area contributed by atoms with Crippen LogP contribution in [0.1, 0.15) is 39.8 Å². The molecule has 2 aromatic heterocycles. The second-order valence-electron chi connectivity index (χ2n) is 6.27. The maximum Gasteiger partial charge on any atom is 0.290 e. The van der Waals surface area contributed by atoms with Gasteiger partial charge in [0, 0.05) is 25.8 Å². The Morgan fingerprint density at radius 2 is 2.08 bits per heavy atom. The second-order valence-corrected chi connectivity index (χ2v) is 6.68. The molecule has 1 aromatic carbocycles. The molecule has 1 unspecified atom stereocenters. The number of fused-ring (bicyclic) bond motifs is 2. The first-order chi connectivity index (χ1) is 12.5. The van der Waals surface area contributed by atoms with Gasteiger partial charge in [-0.25, -0.2) is 4.98 Å². The van der Waals surface area contributed by atoms with Crippen molar-refractivity contribution in [1.29, 1.82) is 0 Å². The summed E-state index contributed by atoms with van der Waals surface area (Å²) in [4.78, 5) is 34.2. The number of benzene rings is 1. The van der Waals surface area contributed by atoms with Gasteiger partial charge in [-0.1, -0.05) is 17.7 Å². The Morgan fingerprint density at radius 3 is 2.81 bits per heavy atom. The molecule has 1 aliphatic heterocycles. The van der Waals surface area contributed by atoms with Gasteiger partial charge in [0.15, 0.2) is 5.82 Å². The lowest BCUT2D eigenvalue weighted by Crippen LogP contribution is -2.42. The molecule has 3 aromatic rings. The molecule has 0 spiro atoms. The number of para-hydroxylation sites is 1. The van der Waals surface area contributed by atoms with E-state index in [1.54, 1.807) is 24.1 Å². The number of amides is 2. The van der Waals surface area contributed by atoms with Crippen molar-refractivity contribution < 1.29 is 9.59 Å². The van der Waals surface area contributed by atoms with Gasteiger partial charge in [0.25, 0.3) is 11.8 Å². The number of nitrogens with zero attached hydrogens (tertiary/aromatic N) is 3. The number of carbonyl (C=O) groups is 2. The average molecular weight is 372 g/mol. The highest BCUT2D eigenvalue weighted by Crippen LogP contribution is 2.29. The van der Waals surface area contributed by atoms with Crippen LogP contribution in [0.5, 0.6) is 0 Å². The van der Waals surface area contributed by atoms with Crippen LogP contribution < -0.4 is 5.32 Å². The van der Waals surface area contributed by atoms with E-state index in [1.807, 2.05) is 29.7 Å². The van der Waals surface area contributed by atoms with Crippen molar-refractivity contribution in [1.82, 2.24) is 24.8 Å². The third kappa shape index (κ3) is 2.47. The van der Waals surface area contributed by atoms with Crippen molar-refractivity contribution in [2.24, 2.45) is 0 Å². The Hall–Kier alpha value is -2.80. The number of hydrogen-bond donors (Lipinski definition) is 2. The first-order valence-electron chi connectivity index (χ1n) is 8.38. The quantitative estimate of drug-likeness (QED) is 0.726. The summed E-state index contributed by atoms with van der Waals surface area (Å²) in [6, 6.07) is 8.91. The molecular formula is C18H18ClN5O2. The predicted molar refractivity (Wildman–Crippen MR) is 98.4 cm³/mol. The fourth-order valence-electron chi connectivity index (χ4n) is 3.50. The molecule has 0 bridgehead atoms. The number of carbonyl (C=O) groups excluding carboxylic acids is 2. The van der Waals surface area contributed by atoms with Crippen LogP contribution >= 0.6 is 11.6 Å². The van der Waals surface area contributed by atoms with E-state index in [0.717, 1.165) is 11.2 Å². The smallest absolute Gasteiger partial charge is 0.290 e. The molecule has 8 heteroatoms. The van der Waals surface area contributed by atoms with E-state index in [-0.39, 0.29) is 23.7 Å². The fraction of sp³-hybridized carbons (Fsp3) is 0.278. The third-order valence-corrected chi connectivity index (χ3v) is 5.17. The van der Waals surface area contributed by atoms with Crippen LogP contribution in [0.25, 0.3) is 11.0 Å². The van der Waals surface area contributed by atoms with Crippen LogP contribution in [0.2, 0.25) is 5.02 Å². The molecular weight excluding hydrogens is 354 g/mol. The summed E-state index contributed by atoms with van der Waals surface area (Å²) in [6.45, 7) is 3.00. The molecule has 2 amide bonds. The van der Waals surface area contributed by atoms with Gasteiger partial charge in [-0.05, 0) is 31.2 Å². The Morgan fingerprint density at radius 1 is 1.27 bits per heavy atom. The summed E-state index contributed by atoms with van der Waals surface area (Å²) in [5.41, 5.74) is 2.86. The minimum atomic E-state index is -0.182. The number of nitrogens with one attached hydrogen (secondary N) is 2. The van der Waals surface area contributed by atoms with Gasteiger partial charge in [-0.3, -0.25) is 9.59 Å². The average Bonchev–Trinajstić information content (AvgIpc) is 3.26. The highest BCUT2D eigenvalue weighted by atomic mass is 35.5. The second kappa shape index (κ2) is 6.17. The molecule has 2 N–H and O–H groups in total. The molecule has 1 atom stereocenters. The fourth-order valence-corrected chi connectivity index (χ4v) is 3.71. The maximum atomic E-state index is 13.0. The van der Waals surface area contributed by atoms with Crippen LogP contribution in [0, 0.1) is 0 Å². The number of imidazole rings is 1. The van der Waals surface area contributed by atoms with Crippen LogP contribution in [-0.4, -0.2) is 44.8 Å². The largest absolute Gasteiger partial charge is 0.354 e. The van der Waals surface area contributed by atoms with Crippen molar-refractivity contribution >= 4 is 34.4 Å². The number of H-pyrrole nitrogens is 1. The summed E-state index contributed by atoms with van der Waals surface area (Å²) >= 11 is 6.15. The lowest BCUT2D eigenvalue weighted by molar-refractivity contribution is 0.0631. The molecule has 0 saturated heterocycles. The minimum absolute atomic E-state index is 0.129. The Labute approximate surface area is 155 Å². The number of aromatic nitrogens is 3. The molecule has 134 valence electrons. The number of halogens is 1. The Balaban J connectivity index is 1.66. The Bertz CT molecular complexity index is 1020. The maximum absolute atomic E-state index is 13.0. The summed E-state index contributed by atoms with van der Waals surface area (Å²) in [7, 11) is 1.61. The minimum Gasteiger partial charge on any atom is -0.354 e. The van der Waals surface area contributed by atoms with Gasteiger partial charge in [0.1, 0.15) is 11.2 Å². The number of rotatable bonds is 2. The summed E-state index contributed by atoms with van der Waals surface area (Å²) in [5.74, 6) is -0.0413. The van der Waals surface area contributed by atoms with Crippen LogP contribution in [0.3, 0.4) is 0 Å². The van der Waals surface area contributed by atoms with E-state index in [0.29, 0.717) is 29.3 Å². The zero-order chi connectivity index (χ0) is 18.4. The molecule has 1 aliphatic rings. The normalized spacial score (nSPS) is 16.6. The first kappa shape index (κ1) is 16.7. The molecule has 0 saturated carbocycles. The van der Waals surface area contributed by atoms with Gasteiger partial charge in [0.2, 0.25) is 0 Å². The first-order valence-corrected chi connectivity index (χ1v) is 8.75. The van der Waals surface area contributed by atoms with Gasteiger partial charge in [0.05, 0.1) is 16.6 Å². The van der Waals surface area contributed by atoms with Gasteiger partial charge < -0.3 is 19.8 Å². The summed E-state index contributed by atoms with van der Waals surface area (Å²) in [6.07, 6.45) is 0. The molecule has 26 heavy (non-hydrogen) atoms. The molecule has 0 radical (unpaired) electrons. The van der Waals surface area contributed by atoms with Crippen LogP contribution in [0.4, 0.5) is 0 Å². The molecule has 7 nitrogen and oxygen atoms in total. The lowest BCUT2D eigenvalue weighted by Gasteiger charge is -2.34. The Kier molecular flexibility index (Phi) is 3.96. The molecule has 0 fully saturated rings. The van der Waals surface area contributed by atoms with E-state index < -0.39 is 0 Å². The van der Waals surface area contributed by atoms with Gasteiger partial charge in [-0.2, -0.15) is 0 Å². The van der Waals surface area contributed by atoms with Crippen molar-refractivity contribution in [3.8, 4) is 0 Å². The summed E-state index contributed by atoms with van der Waals surface area (Å²) < 4.78 is 1.96. The SMILES string of the molecule is CNC(=O)c1ccc2n1CCN(C(=O)c1nc3c(Cl)cccc3[nH]1)C2C. The van der Waals surface area contributed by atoms with E-state index in [4.69, 9.17) is 11.6 Å². The van der Waals surface area contributed by atoms with Crippen molar-refractivity contribution in [3.63, 3.8) is 0 Å². The van der Waals surface area contributed by atoms with Gasteiger partial charge in [-0.15, -0.1) is 0 Å². The van der Waals surface area contributed by atoms with Crippen molar-refractivity contribution in [3.05, 3.63) is 52.6 Å². The standard InChI is InChI=1S/C18H18ClN5O2/c1-10-13-6-7-14(17(25)20-2)24(13)9-8-23(10)18(26)16-21-12-5-3-4-11(19)15(12)22-16/h3-7,10H,8-9H2,1-2H3,(H,20,25)(H,21,22). The topological polar surface area (TPSA) is 83.0 Å². The number of hydrogen-bond acceptors (Lipinski definition) is 3. The van der Waals surface area contributed by atoms with E-state index >= 15 is 0 Å². The molecule has 0 aliphatic carbocycles. The third-order valence-electron chi connectivity index (χ3n) is 4.86. The number of aromatic amines is 1. The molecule has 3 heterocycles. The van der Waals surface area contributed by atoms with Crippen molar-refractivity contribution in [2.75, 3.05) is 13.6 Å². The van der Waals surface area contributed by atoms with E-state index in [2.05, 4.69) is 15.3 Å². The van der Waals surface area contributed by atoms with E-state index in [9.17, 15) is 9.59 Å². The molecule has 4 rings (SSSR count). The van der Waals surface area contributed by atoms with Crippen LogP contribution in [-0.2, 0) is 6.54 Å². The van der Waals surface area contributed by atoms with E-state index in [1.165, 1.54) is 0 Å². The van der Waals surface area contributed by atoms with Gasteiger partial charge >= 0.3 is 0 Å². The zero-order valence-corrected chi connectivity index (χ0v) is 15.2. The highest BCUT2D eigenvalue weighted by molar-refractivity contribution is 6.35. The zero-order valence-electron chi connectivity index (χ0n) is 14.4. The highest BCUT2D eigenvalue weighted by Gasteiger charge is 2.32. The van der Waals surface area contributed by atoms with Crippen molar-refractivity contribution in [2.45, 2.75) is 19.5 Å².